The number of imidazole rings is 1. The van der Waals surface area contributed by atoms with Crippen molar-refractivity contribution in [3.63, 3.8) is 0 Å². The zero-order chi connectivity index (χ0) is 25.9. The topological polar surface area (TPSA) is 100.0 Å². The van der Waals surface area contributed by atoms with Crippen LogP contribution in [0.2, 0.25) is 0 Å². The average Bonchev–Trinajstić information content (AvgIpc) is 3.60. The Morgan fingerprint density at radius 3 is 2.41 bits per heavy atom. The monoisotopic (exact) mass is 523 g/mol. The Balaban J connectivity index is 1.50. The first-order valence-corrected chi connectivity index (χ1v) is 12.3. The van der Waals surface area contributed by atoms with Gasteiger partial charge in [-0.05, 0) is 35.4 Å². The SMILES string of the molecule is Cn1cc(-c2cnc3cnn(S(=O)(=O)c4cnc5ccc(-c6ccccc6C(F)(F)F)cn45)c3c2)cn1. The molecule has 0 bridgehead atoms. The molecular weight excluding hydrogens is 507 g/mol. The molecule has 9 nitrogen and oxygen atoms in total. The van der Waals surface area contributed by atoms with Gasteiger partial charge in [-0.3, -0.25) is 14.1 Å². The van der Waals surface area contributed by atoms with Crippen molar-refractivity contribution in [1.82, 2.24) is 33.3 Å². The van der Waals surface area contributed by atoms with Gasteiger partial charge in [0.05, 0.1) is 24.2 Å². The Bertz CT molecular complexity index is 1920. The Hall–Kier alpha value is -4.52. The van der Waals surface area contributed by atoms with Crippen LogP contribution in [0.25, 0.3) is 38.9 Å². The molecule has 37 heavy (non-hydrogen) atoms. The molecule has 0 amide bonds. The molecule has 0 N–H and O–H groups in total. The molecule has 6 aromatic rings. The Labute approximate surface area is 207 Å². The molecule has 186 valence electrons. The zero-order valence-corrected chi connectivity index (χ0v) is 19.8. The lowest BCUT2D eigenvalue weighted by Crippen LogP contribution is -2.16. The molecule has 0 spiro atoms. The third-order valence-corrected chi connectivity index (χ3v) is 7.51. The first-order valence-electron chi connectivity index (χ1n) is 10.8. The van der Waals surface area contributed by atoms with Gasteiger partial charge in [0.25, 0.3) is 0 Å². The maximum atomic E-state index is 13.7. The van der Waals surface area contributed by atoms with Crippen LogP contribution in [0.15, 0.2) is 84.7 Å². The molecule has 5 heterocycles. The Morgan fingerprint density at radius 2 is 1.65 bits per heavy atom. The highest BCUT2D eigenvalue weighted by atomic mass is 32.2. The number of rotatable bonds is 4. The normalized spacial score (nSPS) is 12.5. The summed E-state index contributed by atoms with van der Waals surface area (Å²) >= 11 is 0. The predicted octanol–water partition coefficient (Wildman–Crippen LogP) is 4.40. The van der Waals surface area contributed by atoms with Crippen LogP contribution in [0.1, 0.15) is 5.56 Å². The Kier molecular flexibility index (Phi) is 4.95. The second-order valence-electron chi connectivity index (χ2n) is 8.31. The van der Waals surface area contributed by atoms with Crippen molar-refractivity contribution in [2.45, 2.75) is 11.2 Å². The maximum Gasteiger partial charge on any atom is 0.417 e. The fourth-order valence-electron chi connectivity index (χ4n) is 4.18. The van der Waals surface area contributed by atoms with Gasteiger partial charge in [-0.15, -0.1) is 0 Å². The van der Waals surface area contributed by atoms with E-state index in [1.165, 1.54) is 47.1 Å². The van der Waals surface area contributed by atoms with Crippen LogP contribution in [-0.2, 0) is 23.2 Å². The largest absolute Gasteiger partial charge is 0.417 e. The quantitative estimate of drug-likeness (QED) is 0.340. The molecule has 0 saturated heterocycles. The fraction of sp³-hybridized carbons (Fsp3) is 0.0833. The van der Waals surface area contributed by atoms with E-state index in [2.05, 4.69) is 20.2 Å². The number of benzene rings is 1. The highest BCUT2D eigenvalue weighted by Crippen LogP contribution is 2.37. The summed E-state index contributed by atoms with van der Waals surface area (Å²) in [4.78, 5) is 8.46. The molecule has 0 aliphatic carbocycles. The highest BCUT2D eigenvalue weighted by Gasteiger charge is 2.33. The van der Waals surface area contributed by atoms with Gasteiger partial charge in [-0.2, -0.15) is 35.9 Å². The van der Waals surface area contributed by atoms with E-state index in [4.69, 9.17) is 0 Å². The first-order chi connectivity index (χ1) is 17.6. The number of aromatic nitrogens is 7. The summed E-state index contributed by atoms with van der Waals surface area (Å²) in [5.41, 5.74) is 1.49. The van der Waals surface area contributed by atoms with Crippen LogP contribution in [0.4, 0.5) is 13.2 Å². The van der Waals surface area contributed by atoms with E-state index in [0.717, 1.165) is 21.9 Å². The zero-order valence-electron chi connectivity index (χ0n) is 19.0. The summed E-state index contributed by atoms with van der Waals surface area (Å²) in [5.74, 6) is 0. The van der Waals surface area contributed by atoms with Crippen molar-refractivity contribution in [3.05, 3.63) is 85.2 Å². The minimum absolute atomic E-state index is 0.0798. The predicted molar refractivity (Wildman–Crippen MR) is 128 cm³/mol. The molecule has 1 aromatic carbocycles. The van der Waals surface area contributed by atoms with Gasteiger partial charge in [0.1, 0.15) is 16.7 Å². The summed E-state index contributed by atoms with van der Waals surface area (Å²) in [6.07, 6.45) is 4.21. The molecule has 0 fully saturated rings. The van der Waals surface area contributed by atoms with E-state index < -0.39 is 21.8 Å². The minimum Gasteiger partial charge on any atom is -0.288 e. The van der Waals surface area contributed by atoms with Crippen LogP contribution in [0.3, 0.4) is 0 Å². The van der Waals surface area contributed by atoms with Crippen molar-refractivity contribution in [1.29, 1.82) is 0 Å². The molecule has 0 unspecified atom stereocenters. The molecule has 0 saturated carbocycles. The molecule has 0 aliphatic heterocycles. The number of aryl methyl sites for hydroxylation is 1. The van der Waals surface area contributed by atoms with Gasteiger partial charge in [0, 0.05) is 36.8 Å². The van der Waals surface area contributed by atoms with Crippen LogP contribution < -0.4 is 0 Å². The number of fused-ring (bicyclic) bond motifs is 2. The summed E-state index contributed by atoms with van der Waals surface area (Å²) in [5, 5.41) is 7.92. The number of alkyl halides is 3. The summed E-state index contributed by atoms with van der Waals surface area (Å²) in [7, 11) is -2.55. The van der Waals surface area contributed by atoms with Gasteiger partial charge in [-0.1, -0.05) is 18.2 Å². The van der Waals surface area contributed by atoms with E-state index in [1.807, 2.05) is 0 Å². The molecular formula is C24H16F3N7O2S. The van der Waals surface area contributed by atoms with Crippen molar-refractivity contribution in [2.24, 2.45) is 7.05 Å². The summed E-state index contributed by atoms with van der Waals surface area (Å²) < 4.78 is 72.0. The first kappa shape index (κ1) is 22.9. The summed E-state index contributed by atoms with van der Waals surface area (Å²) in [6, 6.07) is 9.67. The lowest BCUT2D eigenvalue weighted by Gasteiger charge is -2.13. The van der Waals surface area contributed by atoms with Crippen LogP contribution in [0, 0.1) is 0 Å². The Morgan fingerprint density at radius 1 is 0.838 bits per heavy atom. The van der Waals surface area contributed by atoms with Gasteiger partial charge >= 0.3 is 16.2 Å². The second kappa shape index (κ2) is 8.00. The number of nitrogens with zero attached hydrogens (tertiary/aromatic N) is 7. The van der Waals surface area contributed by atoms with E-state index in [9.17, 15) is 21.6 Å². The lowest BCUT2D eigenvalue weighted by atomic mass is 10.0. The van der Waals surface area contributed by atoms with Crippen molar-refractivity contribution in [2.75, 3.05) is 0 Å². The third-order valence-electron chi connectivity index (χ3n) is 5.93. The molecule has 6 rings (SSSR count). The van der Waals surface area contributed by atoms with Crippen molar-refractivity contribution < 1.29 is 21.6 Å². The maximum absolute atomic E-state index is 13.7. The fourth-order valence-corrected chi connectivity index (χ4v) is 5.52. The van der Waals surface area contributed by atoms with Gasteiger partial charge < -0.3 is 0 Å². The standard InChI is InChI=1S/C24H16F3N7O2S/c1-32-13-17(10-30-32)16-8-21-20(28-9-16)11-31-34(21)37(35,36)23-12-29-22-7-6-15(14-33(22)23)18-4-2-3-5-19(18)24(25,26)27/h2-14H,1H3. The van der Waals surface area contributed by atoms with E-state index >= 15 is 0 Å². The number of halogens is 3. The van der Waals surface area contributed by atoms with E-state index in [-0.39, 0.29) is 27.3 Å². The highest BCUT2D eigenvalue weighted by molar-refractivity contribution is 7.90. The van der Waals surface area contributed by atoms with Gasteiger partial charge in [0.2, 0.25) is 0 Å². The minimum atomic E-state index is -4.58. The molecule has 13 heteroatoms. The van der Waals surface area contributed by atoms with Crippen LogP contribution >= 0.6 is 0 Å². The van der Waals surface area contributed by atoms with Crippen LogP contribution in [0.5, 0.6) is 0 Å². The van der Waals surface area contributed by atoms with Gasteiger partial charge in [-0.25, -0.2) is 4.98 Å². The average molecular weight is 524 g/mol. The second-order valence-corrected chi connectivity index (χ2v) is 10.0. The van der Waals surface area contributed by atoms with Crippen molar-refractivity contribution >= 4 is 26.7 Å². The number of hydrogen-bond donors (Lipinski definition) is 0. The van der Waals surface area contributed by atoms with Gasteiger partial charge in [0.15, 0.2) is 5.03 Å². The molecule has 0 atom stereocenters. The van der Waals surface area contributed by atoms with Crippen molar-refractivity contribution in [3.8, 4) is 22.3 Å². The molecule has 0 aliphatic rings. The van der Waals surface area contributed by atoms with E-state index in [0.29, 0.717) is 11.1 Å². The summed E-state index contributed by atoms with van der Waals surface area (Å²) in [6.45, 7) is 0. The van der Waals surface area contributed by atoms with Crippen LogP contribution in [-0.4, -0.2) is 41.8 Å². The third kappa shape index (κ3) is 3.74. The number of pyridine rings is 2. The molecule has 0 radical (unpaired) electrons. The van der Waals surface area contributed by atoms with E-state index in [1.54, 1.807) is 36.4 Å². The molecule has 5 aromatic heterocycles. The smallest absolute Gasteiger partial charge is 0.288 e. The number of hydrogen-bond acceptors (Lipinski definition) is 6. The lowest BCUT2D eigenvalue weighted by molar-refractivity contribution is -0.137.